The Morgan fingerprint density at radius 1 is 0.913 bits per heavy atom. The second kappa shape index (κ2) is 5.62. The number of benzene rings is 1. The number of aromatic nitrogens is 4. The van der Waals surface area contributed by atoms with Gasteiger partial charge in [0.15, 0.2) is 5.13 Å². The second-order valence-corrected chi connectivity index (χ2v) is 5.90. The molecule has 0 radical (unpaired) electrons. The van der Waals surface area contributed by atoms with Crippen LogP contribution in [0, 0.1) is 0 Å². The van der Waals surface area contributed by atoms with Crippen molar-refractivity contribution in [1.82, 2.24) is 19.9 Å². The SMILES string of the molecule is Nc1nc2ccc(Nc3nccc(-c4ccccn4)n3)cc2s1. The molecule has 4 aromatic rings. The Kier molecular flexibility index (Phi) is 3.32. The summed E-state index contributed by atoms with van der Waals surface area (Å²) >= 11 is 1.45. The summed E-state index contributed by atoms with van der Waals surface area (Å²) in [7, 11) is 0. The Bertz CT molecular complexity index is 967. The van der Waals surface area contributed by atoms with Gasteiger partial charge < -0.3 is 11.1 Å². The van der Waals surface area contributed by atoms with Gasteiger partial charge in [0.05, 0.1) is 21.6 Å². The van der Waals surface area contributed by atoms with E-state index in [0.717, 1.165) is 27.3 Å². The van der Waals surface area contributed by atoms with E-state index in [0.29, 0.717) is 11.1 Å². The van der Waals surface area contributed by atoms with Crippen molar-refractivity contribution in [2.45, 2.75) is 0 Å². The highest BCUT2D eigenvalue weighted by molar-refractivity contribution is 7.22. The average molecular weight is 320 g/mol. The van der Waals surface area contributed by atoms with Crippen LogP contribution in [0.25, 0.3) is 21.6 Å². The lowest BCUT2D eigenvalue weighted by atomic mass is 10.2. The lowest BCUT2D eigenvalue weighted by Crippen LogP contribution is -1.98. The van der Waals surface area contributed by atoms with Crippen LogP contribution in [0.2, 0.25) is 0 Å². The molecule has 0 unspecified atom stereocenters. The summed E-state index contributed by atoms with van der Waals surface area (Å²) in [6.45, 7) is 0. The van der Waals surface area contributed by atoms with E-state index in [1.807, 2.05) is 42.5 Å². The zero-order chi connectivity index (χ0) is 15.6. The van der Waals surface area contributed by atoms with E-state index >= 15 is 0 Å². The Morgan fingerprint density at radius 3 is 2.74 bits per heavy atom. The maximum Gasteiger partial charge on any atom is 0.227 e. The summed E-state index contributed by atoms with van der Waals surface area (Å²) < 4.78 is 1.02. The number of anilines is 3. The van der Waals surface area contributed by atoms with Crippen molar-refractivity contribution in [3.8, 4) is 11.4 Å². The summed E-state index contributed by atoms with van der Waals surface area (Å²) in [4.78, 5) is 17.3. The van der Waals surface area contributed by atoms with Gasteiger partial charge in [-0.2, -0.15) is 0 Å². The summed E-state index contributed by atoms with van der Waals surface area (Å²) in [5.41, 5.74) is 9.09. The Morgan fingerprint density at radius 2 is 1.87 bits per heavy atom. The van der Waals surface area contributed by atoms with Crippen LogP contribution in [0.15, 0.2) is 54.9 Å². The Labute approximate surface area is 136 Å². The minimum absolute atomic E-state index is 0.519. The normalized spacial score (nSPS) is 10.8. The molecule has 0 bridgehead atoms. The first-order chi connectivity index (χ1) is 11.3. The van der Waals surface area contributed by atoms with E-state index < -0.39 is 0 Å². The van der Waals surface area contributed by atoms with Gasteiger partial charge in [-0.25, -0.2) is 15.0 Å². The number of pyridine rings is 1. The van der Waals surface area contributed by atoms with Crippen LogP contribution < -0.4 is 11.1 Å². The van der Waals surface area contributed by atoms with E-state index in [-0.39, 0.29) is 0 Å². The Balaban J connectivity index is 1.65. The number of hydrogen-bond donors (Lipinski definition) is 2. The molecule has 0 saturated carbocycles. The molecule has 0 aliphatic heterocycles. The van der Waals surface area contributed by atoms with Crippen molar-refractivity contribution in [2.24, 2.45) is 0 Å². The van der Waals surface area contributed by atoms with Gasteiger partial charge in [0.1, 0.15) is 0 Å². The fraction of sp³-hybridized carbons (Fsp3) is 0. The number of nitrogens with one attached hydrogen (secondary N) is 1. The van der Waals surface area contributed by atoms with Crippen molar-refractivity contribution >= 4 is 38.3 Å². The van der Waals surface area contributed by atoms with Gasteiger partial charge in [0.2, 0.25) is 5.95 Å². The van der Waals surface area contributed by atoms with Crippen LogP contribution in [-0.4, -0.2) is 19.9 Å². The molecular formula is C16H12N6S. The zero-order valence-corrected chi connectivity index (χ0v) is 12.8. The molecule has 0 aliphatic carbocycles. The van der Waals surface area contributed by atoms with Gasteiger partial charge >= 0.3 is 0 Å². The van der Waals surface area contributed by atoms with Gasteiger partial charge in [-0.05, 0) is 36.4 Å². The molecule has 4 rings (SSSR count). The first kappa shape index (κ1) is 13.6. The highest BCUT2D eigenvalue weighted by Crippen LogP contribution is 2.27. The fourth-order valence-corrected chi connectivity index (χ4v) is 3.00. The number of rotatable bonds is 3. The molecule has 0 fully saturated rings. The highest BCUT2D eigenvalue weighted by atomic mass is 32.1. The summed E-state index contributed by atoms with van der Waals surface area (Å²) in [5, 5.41) is 3.76. The molecule has 23 heavy (non-hydrogen) atoms. The number of fused-ring (bicyclic) bond motifs is 1. The van der Waals surface area contributed by atoms with Crippen molar-refractivity contribution in [3.05, 3.63) is 54.9 Å². The molecule has 0 saturated heterocycles. The molecule has 6 nitrogen and oxygen atoms in total. The quantitative estimate of drug-likeness (QED) is 0.601. The topological polar surface area (TPSA) is 89.6 Å². The number of nitrogens with two attached hydrogens (primary N) is 1. The molecule has 0 atom stereocenters. The predicted octanol–water partition coefficient (Wildman–Crippen LogP) is 3.47. The van der Waals surface area contributed by atoms with Crippen molar-refractivity contribution in [3.63, 3.8) is 0 Å². The van der Waals surface area contributed by atoms with Crippen LogP contribution in [-0.2, 0) is 0 Å². The monoisotopic (exact) mass is 320 g/mol. The molecule has 1 aromatic carbocycles. The molecule has 0 spiro atoms. The predicted molar refractivity (Wildman–Crippen MR) is 92.6 cm³/mol. The minimum Gasteiger partial charge on any atom is -0.375 e. The number of hydrogen-bond acceptors (Lipinski definition) is 7. The van der Waals surface area contributed by atoms with E-state index in [9.17, 15) is 0 Å². The second-order valence-electron chi connectivity index (χ2n) is 4.84. The van der Waals surface area contributed by atoms with Crippen LogP contribution in [0.1, 0.15) is 0 Å². The summed E-state index contributed by atoms with van der Waals surface area (Å²) in [6, 6.07) is 13.4. The third-order valence-corrected chi connectivity index (χ3v) is 4.09. The maximum atomic E-state index is 5.73. The Hall–Kier alpha value is -3.06. The number of nitrogen functional groups attached to an aromatic ring is 1. The van der Waals surface area contributed by atoms with E-state index in [4.69, 9.17) is 5.73 Å². The average Bonchev–Trinajstić information content (AvgIpc) is 2.95. The van der Waals surface area contributed by atoms with Gasteiger partial charge in [-0.3, -0.25) is 4.98 Å². The first-order valence-corrected chi connectivity index (χ1v) is 7.77. The van der Waals surface area contributed by atoms with Crippen molar-refractivity contribution in [2.75, 3.05) is 11.1 Å². The minimum atomic E-state index is 0.519. The van der Waals surface area contributed by atoms with Crippen LogP contribution in [0.4, 0.5) is 16.8 Å². The smallest absolute Gasteiger partial charge is 0.227 e. The molecule has 7 heteroatoms. The fourth-order valence-electron chi connectivity index (χ4n) is 2.23. The molecule has 112 valence electrons. The molecule has 3 heterocycles. The molecule has 0 amide bonds. The van der Waals surface area contributed by atoms with Gasteiger partial charge in [-0.1, -0.05) is 17.4 Å². The van der Waals surface area contributed by atoms with Crippen molar-refractivity contribution in [1.29, 1.82) is 0 Å². The van der Waals surface area contributed by atoms with E-state index in [2.05, 4.69) is 25.3 Å². The third-order valence-electron chi connectivity index (χ3n) is 3.24. The van der Waals surface area contributed by atoms with Gasteiger partial charge in [0.25, 0.3) is 0 Å². The summed E-state index contributed by atoms with van der Waals surface area (Å²) in [6.07, 6.45) is 3.45. The largest absolute Gasteiger partial charge is 0.375 e. The maximum absolute atomic E-state index is 5.73. The molecule has 0 aliphatic rings. The van der Waals surface area contributed by atoms with Crippen molar-refractivity contribution < 1.29 is 0 Å². The van der Waals surface area contributed by atoms with E-state index in [1.54, 1.807) is 12.4 Å². The number of nitrogens with zero attached hydrogens (tertiary/aromatic N) is 4. The lowest BCUT2D eigenvalue weighted by molar-refractivity contribution is 1.15. The number of thiazole rings is 1. The standard InChI is InChI=1S/C16H12N6S/c17-15-21-13-5-4-10(9-14(13)23-15)20-16-19-8-6-12(22-16)11-3-1-2-7-18-11/h1-9H,(H2,17,21)(H,19,20,22). The van der Waals surface area contributed by atoms with Crippen LogP contribution in [0.5, 0.6) is 0 Å². The van der Waals surface area contributed by atoms with Gasteiger partial charge in [0, 0.05) is 18.1 Å². The highest BCUT2D eigenvalue weighted by Gasteiger charge is 2.06. The van der Waals surface area contributed by atoms with Crippen LogP contribution >= 0.6 is 11.3 Å². The summed E-state index contributed by atoms with van der Waals surface area (Å²) in [5.74, 6) is 0.519. The van der Waals surface area contributed by atoms with E-state index in [1.165, 1.54) is 11.3 Å². The first-order valence-electron chi connectivity index (χ1n) is 6.95. The molecule has 3 aromatic heterocycles. The lowest BCUT2D eigenvalue weighted by Gasteiger charge is -2.06. The zero-order valence-electron chi connectivity index (χ0n) is 12.0. The van der Waals surface area contributed by atoms with Crippen LogP contribution in [0.3, 0.4) is 0 Å². The third kappa shape index (κ3) is 2.82. The molecule has 3 N–H and O–H groups in total. The van der Waals surface area contributed by atoms with Gasteiger partial charge in [-0.15, -0.1) is 0 Å². The molecular weight excluding hydrogens is 308 g/mol.